The number of hydrogen-bond acceptors (Lipinski definition) is 4. The number of thiazole rings is 1. The quantitative estimate of drug-likeness (QED) is 0.853. The first-order valence-corrected chi connectivity index (χ1v) is 6.82. The van der Waals surface area contributed by atoms with E-state index in [-0.39, 0.29) is 0 Å². The Hall–Kier alpha value is -0.740. The number of aromatic nitrogens is 1. The van der Waals surface area contributed by atoms with Gasteiger partial charge in [0.15, 0.2) is 0 Å². The maximum Gasteiger partial charge on any atom is 0.138 e. The van der Waals surface area contributed by atoms with Crippen LogP contribution >= 0.6 is 11.3 Å². The summed E-state index contributed by atoms with van der Waals surface area (Å²) in [7, 11) is 0. The molecule has 2 rings (SSSR count). The van der Waals surface area contributed by atoms with Crippen LogP contribution in [0.25, 0.3) is 0 Å². The van der Waals surface area contributed by atoms with E-state index < -0.39 is 0 Å². The van der Waals surface area contributed by atoms with E-state index in [1.54, 1.807) is 23.0 Å². The van der Waals surface area contributed by atoms with E-state index in [0.717, 1.165) is 36.7 Å². The Morgan fingerprint density at radius 1 is 1.50 bits per heavy atom. The molecule has 4 heteroatoms. The number of ketones is 1. The van der Waals surface area contributed by atoms with Gasteiger partial charge >= 0.3 is 0 Å². The lowest BCUT2D eigenvalue weighted by atomic mass is 9.92. The summed E-state index contributed by atoms with van der Waals surface area (Å²) < 4.78 is 0. The third-order valence-corrected chi connectivity index (χ3v) is 3.92. The molecule has 0 saturated carbocycles. The molecule has 2 heterocycles. The van der Waals surface area contributed by atoms with Crippen molar-refractivity contribution in [2.75, 3.05) is 13.1 Å². The van der Waals surface area contributed by atoms with Crippen molar-refractivity contribution in [3.63, 3.8) is 0 Å². The second-order valence-electron chi connectivity index (χ2n) is 4.42. The van der Waals surface area contributed by atoms with Gasteiger partial charge in [0, 0.05) is 23.9 Å². The van der Waals surface area contributed by atoms with Gasteiger partial charge < -0.3 is 5.32 Å². The van der Waals surface area contributed by atoms with E-state index in [4.69, 9.17) is 0 Å². The molecule has 0 radical (unpaired) electrons. The highest BCUT2D eigenvalue weighted by Crippen LogP contribution is 2.18. The van der Waals surface area contributed by atoms with Crippen molar-refractivity contribution in [1.29, 1.82) is 0 Å². The number of piperidine rings is 1. The van der Waals surface area contributed by atoms with Crippen LogP contribution in [0.15, 0.2) is 11.7 Å². The molecular formula is C12H18N2OS. The van der Waals surface area contributed by atoms with Crippen LogP contribution in [0.4, 0.5) is 0 Å². The first kappa shape index (κ1) is 11.7. The van der Waals surface area contributed by atoms with E-state index in [0.29, 0.717) is 12.2 Å². The predicted octanol–water partition coefficient (Wildman–Crippen LogP) is 2.03. The Labute approximate surface area is 100 Å². The van der Waals surface area contributed by atoms with E-state index in [1.165, 1.54) is 12.8 Å². The molecule has 1 aliphatic rings. The summed E-state index contributed by atoms with van der Waals surface area (Å²) in [6.07, 6.45) is 6.65. The third kappa shape index (κ3) is 3.68. The van der Waals surface area contributed by atoms with Crippen LogP contribution in [-0.4, -0.2) is 23.9 Å². The SMILES string of the molecule is O=C(CCC1CCNCC1)Cc1cncs1. The van der Waals surface area contributed by atoms with E-state index in [2.05, 4.69) is 10.3 Å². The smallest absolute Gasteiger partial charge is 0.138 e. The fourth-order valence-corrected chi connectivity index (χ4v) is 2.77. The molecule has 1 aliphatic heterocycles. The molecule has 0 atom stereocenters. The van der Waals surface area contributed by atoms with Crippen molar-refractivity contribution < 1.29 is 4.79 Å². The van der Waals surface area contributed by atoms with E-state index in [1.807, 2.05) is 0 Å². The molecule has 16 heavy (non-hydrogen) atoms. The minimum absolute atomic E-state index is 0.364. The van der Waals surface area contributed by atoms with Crippen LogP contribution in [0.3, 0.4) is 0 Å². The average molecular weight is 238 g/mol. The molecule has 0 unspecified atom stereocenters. The summed E-state index contributed by atoms with van der Waals surface area (Å²) in [4.78, 5) is 16.8. The molecule has 88 valence electrons. The van der Waals surface area contributed by atoms with Crippen LogP contribution in [0.1, 0.15) is 30.6 Å². The number of nitrogens with one attached hydrogen (secondary N) is 1. The zero-order chi connectivity index (χ0) is 11.2. The van der Waals surface area contributed by atoms with Gasteiger partial charge in [0.05, 0.1) is 5.51 Å². The summed E-state index contributed by atoms with van der Waals surface area (Å²) in [6, 6.07) is 0. The lowest BCUT2D eigenvalue weighted by Crippen LogP contribution is -2.28. The molecule has 0 amide bonds. The Bertz CT molecular complexity index is 318. The lowest BCUT2D eigenvalue weighted by molar-refractivity contribution is -0.118. The summed E-state index contributed by atoms with van der Waals surface area (Å²) in [6.45, 7) is 2.24. The van der Waals surface area contributed by atoms with Gasteiger partial charge in [0.2, 0.25) is 0 Å². The van der Waals surface area contributed by atoms with E-state index >= 15 is 0 Å². The van der Waals surface area contributed by atoms with Gasteiger partial charge in [-0.25, -0.2) is 0 Å². The maximum absolute atomic E-state index is 11.7. The zero-order valence-corrected chi connectivity index (χ0v) is 10.3. The van der Waals surface area contributed by atoms with Crippen molar-refractivity contribution in [2.45, 2.75) is 32.1 Å². The normalized spacial score (nSPS) is 17.5. The lowest BCUT2D eigenvalue weighted by Gasteiger charge is -2.21. The van der Waals surface area contributed by atoms with Crippen LogP contribution < -0.4 is 5.32 Å². The molecule has 0 spiro atoms. The Morgan fingerprint density at radius 3 is 3.00 bits per heavy atom. The third-order valence-electron chi connectivity index (χ3n) is 3.15. The van der Waals surface area contributed by atoms with Crippen LogP contribution in [0, 0.1) is 5.92 Å². The van der Waals surface area contributed by atoms with Crippen LogP contribution in [-0.2, 0) is 11.2 Å². The second kappa shape index (κ2) is 6.11. The van der Waals surface area contributed by atoms with Crippen molar-refractivity contribution in [1.82, 2.24) is 10.3 Å². The van der Waals surface area contributed by atoms with Crippen LogP contribution in [0.2, 0.25) is 0 Å². The molecule has 1 aromatic heterocycles. The molecule has 1 saturated heterocycles. The van der Waals surface area contributed by atoms with Crippen molar-refractivity contribution in [3.05, 3.63) is 16.6 Å². The molecule has 0 aliphatic carbocycles. The van der Waals surface area contributed by atoms with Gasteiger partial charge in [-0.15, -0.1) is 11.3 Å². The highest BCUT2D eigenvalue weighted by molar-refractivity contribution is 7.09. The van der Waals surface area contributed by atoms with Gasteiger partial charge in [0.1, 0.15) is 5.78 Å². The summed E-state index contributed by atoms with van der Waals surface area (Å²) in [5.74, 6) is 1.12. The number of rotatable bonds is 5. The number of Topliss-reactive ketones (excluding diaryl/α,β-unsaturated/α-hetero) is 1. The Morgan fingerprint density at radius 2 is 2.31 bits per heavy atom. The van der Waals surface area contributed by atoms with Gasteiger partial charge in [-0.1, -0.05) is 0 Å². The topological polar surface area (TPSA) is 42.0 Å². The van der Waals surface area contributed by atoms with Crippen molar-refractivity contribution in [3.8, 4) is 0 Å². The zero-order valence-electron chi connectivity index (χ0n) is 9.45. The molecule has 1 fully saturated rings. The molecule has 0 bridgehead atoms. The average Bonchev–Trinajstić information content (AvgIpc) is 2.81. The number of carbonyl (C=O) groups is 1. The summed E-state index contributed by atoms with van der Waals surface area (Å²) >= 11 is 1.57. The molecule has 3 nitrogen and oxygen atoms in total. The van der Waals surface area contributed by atoms with Gasteiger partial charge in [0.25, 0.3) is 0 Å². The highest BCUT2D eigenvalue weighted by Gasteiger charge is 2.14. The van der Waals surface area contributed by atoms with Gasteiger partial charge in [-0.3, -0.25) is 9.78 Å². The highest BCUT2D eigenvalue weighted by atomic mass is 32.1. The fraction of sp³-hybridized carbons (Fsp3) is 0.667. The number of nitrogens with zero attached hydrogens (tertiary/aromatic N) is 1. The minimum atomic E-state index is 0.364. The number of carbonyl (C=O) groups excluding carboxylic acids is 1. The van der Waals surface area contributed by atoms with Gasteiger partial charge in [-0.2, -0.15) is 0 Å². The van der Waals surface area contributed by atoms with Crippen LogP contribution in [0.5, 0.6) is 0 Å². The predicted molar refractivity (Wildman–Crippen MR) is 65.7 cm³/mol. The first-order valence-electron chi connectivity index (χ1n) is 5.94. The fourth-order valence-electron chi connectivity index (χ4n) is 2.15. The summed E-state index contributed by atoms with van der Waals surface area (Å²) in [5, 5.41) is 3.35. The molecule has 1 N–H and O–H groups in total. The first-order chi connectivity index (χ1) is 7.84. The number of hydrogen-bond donors (Lipinski definition) is 1. The minimum Gasteiger partial charge on any atom is -0.317 e. The summed E-state index contributed by atoms with van der Waals surface area (Å²) in [5.41, 5.74) is 1.79. The van der Waals surface area contributed by atoms with Crippen molar-refractivity contribution >= 4 is 17.1 Å². The largest absolute Gasteiger partial charge is 0.317 e. The monoisotopic (exact) mass is 238 g/mol. The molecular weight excluding hydrogens is 220 g/mol. The Kier molecular flexibility index (Phi) is 4.48. The maximum atomic E-state index is 11.7. The molecule has 0 aromatic carbocycles. The second-order valence-corrected chi connectivity index (χ2v) is 5.39. The van der Waals surface area contributed by atoms with Crippen molar-refractivity contribution in [2.24, 2.45) is 5.92 Å². The van der Waals surface area contributed by atoms with Gasteiger partial charge in [-0.05, 0) is 38.3 Å². The Balaban J connectivity index is 1.67. The standard InChI is InChI=1S/C12H18N2OS/c15-11(7-12-8-14-9-16-12)2-1-10-3-5-13-6-4-10/h8-10,13H,1-7H2. The molecule has 1 aromatic rings. The van der Waals surface area contributed by atoms with E-state index in [9.17, 15) is 4.79 Å².